The first-order chi connectivity index (χ1) is 9.04. The highest BCUT2D eigenvalue weighted by Gasteiger charge is 2.30. The molecule has 0 bridgehead atoms. The Morgan fingerprint density at radius 2 is 2.05 bits per heavy atom. The monoisotopic (exact) mass is 260 g/mol. The third-order valence-corrected chi connectivity index (χ3v) is 3.19. The van der Waals surface area contributed by atoms with E-state index >= 15 is 0 Å². The zero-order chi connectivity index (χ0) is 14.0. The summed E-state index contributed by atoms with van der Waals surface area (Å²) in [4.78, 5) is 35.2. The Morgan fingerprint density at radius 1 is 1.32 bits per heavy atom. The third kappa shape index (κ3) is 2.50. The molecule has 0 radical (unpaired) electrons. The summed E-state index contributed by atoms with van der Waals surface area (Å²) >= 11 is 0. The van der Waals surface area contributed by atoms with Crippen LogP contribution >= 0.6 is 0 Å². The average molecular weight is 260 g/mol. The van der Waals surface area contributed by atoms with Crippen LogP contribution in [0.1, 0.15) is 47.4 Å². The lowest BCUT2D eigenvalue weighted by Crippen LogP contribution is -2.23. The standard InChI is InChI=1S/C14H16N2O3/c1-3-5-8(2)12(17)15-10-7-4-6-9-11(10)14(19)16-13(9)18/h4,6-8H,3,5H2,1-2H3,(H,15,17)(H,16,18,19)/t8-/m0/s1. The van der Waals surface area contributed by atoms with Crippen LogP contribution in [0.5, 0.6) is 0 Å². The van der Waals surface area contributed by atoms with Gasteiger partial charge in [0.25, 0.3) is 11.8 Å². The Hall–Kier alpha value is -2.17. The molecule has 1 aromatic carbocycles. The topological polar surface area (TPSA) is 75.3 Å². The molecule has 2 N–H and O–H groups in total. The number of hydrogen-bond donors (Lipinski definition) is 2. The predicted molar refractivity (Wildman–Crippen MR) is 70.9 cm³/mol. The summed E-state index contributed by atoms with van der Waals surface area (Å²) in [5.74, 6) is -1.14. The van der Waals surface area contributed by atoms with E-state index in [9.17, 15) is 14.4 Å². The molecule has 19 heavy (non-hydrogen) atoms. The highest BCUT2D eigenvalue weighted by molar-refractivity contribution is 6.24. The summed E-state index contributed by atoms with van der Waals surface area (Å²) in [6.45, 7) is 3.85. The number of carbonyl (C=O) groups is 3. The van der Waals surface area contributed by atoms with E-state index in [2.05, 4.69) is 10.6 Å². The summed E-state index contributed by atoms with van der Waals surface area (Å²) in [6, 6.07) is 4.85. The van der Waals surface area contributed by atoms with Gasteiger partial charge in [-0.2, -0.15) is 0 Å². The second-order valence-electron chi connectivity index (χ2n) is 4.69. The molecule has 0 saturated carbocycles. The van der Waals surface area contributed by atoms with Gasteiger partial charge in [0.05, 0.1) is 16.8 Å². The van der Waals surface area contributed by atoms with Gasteiger partial charge in [0.1, 0.15) is 0 Å². The average Bonchev–Trinajstić information content (AvgIpc) is 2.66. The van der Waals surface area contributed by atoms with Gasteiger partial charge in [-0.25, -0.2) is 0 Å². The lowest BCUT2D eigenvalue weighted by Gasteiger charge is -2.12. The van der Waals surface area contributed by atoms with Crippen LogP contribution in [0.3, 0.4) is 0 Å². The van der Waals surface area contributed by atoms with Crippen LogP contribution in [0.2, 0.25) is 0 Å². The van der Waals surface area contributed by atoms with Gasteiger partial charge in [-0.3, -0.25) is 19.7 Å². The van der Waals surface area contributed by atoms with Crippen LogP contribution in [-0.4, -0.2) is 17.7 Å². The quantitative estimate of drug-likeness (QED) is 0.812. The molecule has 1 aliphatic rings. The molecule has 5 nitrogen and oxygen atoms in total. The van der Waals surface area contributed by atoms with Crippen molar-refractivity contribution in [3.05, 3.63) is 29.3 Å². The van der Waals surface area contributed by atoms with Gasteiger partial charge in [-0.1, -0.05) is 26.3 Å². The Balaban J connectivity index is 2.26. The zero-order valence-electron chi connectivity index (χ0n) is 10.9. The summed E-state index contributed by atoms with van der Waals surface area (Å²) in [7, 11) is 0. The first kappa shape index (κ1) is 13.3. The van der Waals surface area contributed by atoms with Crippen molar-refractivity contribution in [3.63, 3.8) is 0 Å². The van der Waals surface area contributed by atoms with E-state index in [1.165, 1.54) is 0 Å². The van der Waals surface area contributed by atoms with E-state index in [1.807, 2.05) is 13.8 Å². The van der Waals surface area contributed by atoms with Crippen molar-refractivity contribution in [1.82, 2.24) is 5.32 Å². The smallest absolute Gasteiger partial charge is 0.261 e. The van der Waals surface area contributed by atoms with Gasteiger partial charge in [-0.05, 0) is 18.6 Å². The van der Waals surface area contributed by atoms with Crippen LogP contribution in [0.15, 0.2) is 18.2 Å². The number of anilines is 1. The molecular formula is C14H16N2O3. The first-order valence-corrected chi connectivity index (χ1v) is 6.34. The minimum absolute atomic E-state index is 0.124. The molecule has 1 atom stereocenters. The van der Waals surface area contributed by atoms with Crippen molar-refractivity contribution >= 4 is 23.4 Å². The highest BCUT2D eigenvalue weighted by Crippen LogP contribution is 2.25. The number of imide groups is 1. The minimum atomic E-state index is -0.459. The van der Waals surface area contributed by atoms with Crippen LogP contribution in [0, 0.1) is 5.92 Å². The summed E-state index contributed by atoms with van der Waals surface area (Å²) in [5.41, 5.74) is 0.962. The molecular weight excluding hydrogens is 244 g/mol. The molecule has 0 aromatic heterocycles. The molecule has 0 aliphatic carbocycles. The Labute approximate surface area is 111 Å². The molecule has 3 amide bonds. The molecule has 100 valence electrons. The fourth-order valence-corrected chi connectivity index (χ4v) is 2.14. The Bertz CT molecular complexity index is 552. The van der Waals surface area contributed by atoms with Crippen LogP contribution in [-0.2, 0) is 4.79 Å². The summed E-state index contributed by atoms with van der Waals surface area (Å²) in [6.07, 6.45) is 1.70. The molecule has 1 aliphatic heterocycles. The number of carbonyl (C=O) groups excluding carboxylic acids is 3. The van der Waals surface area contributed by atoms with E-state index < -0.39 is 11.8 Å². The second kappa shape index (κ2) is 5.22. The van der Waals surface area contributed by atoms with Gasteiger partial charge in [0.2, 0.25) is 5.91 Å². The number of nitrogens with one attached hydrogen (secondary N) is 2. The number of benzene rings is 1. The van der Waals surface area contributed by atoms with Gasteiger partial charge < -0.3 is 5.32 Å². The summed E-state index contributed by atoms with van der Waals surface area (Å²) < 4.78 is 0. The highest BCUT2D eigenvalue weighted by atomic mass is 16.2. The number of amides is 3. The number of rotatable bonds is 4. The van der Waals surface area contributed by atoms with Crippen LogP contribution in [0.4, 0.5) is 5.69 Å². The molecule has 0 unspecified atom stereocenters. The fourth-order valence-electron chi connectivity index (χ4n) is 2.14. The van der Waals surface area contributed by atoms with E-state index in [1.54, 1.807) is 18.2 Å². The molecule has 0 saturated heterocycles. The van der Waals surface area contributed by atoms with Crippen LogP contribution in [0.25, 0.3) is 0 Å². The zero-order valence-corrected chi connectivity index (χ0v) is 10.9. The second-order valence-corrected chi connectivity index (χ2v) is 4.69. The molecule has 0 spiro atoms. The number of hydrogen-bond acceptors (Lipinski definition) is 3. The maximum Gasteiger partial charge on any atom is 0.261 e. The summed E-state index contributed by atoms with van der Waals surface area (Å²) in [5, 5.41) is 4.95. The SMILES string of the molecule is CCC[C@H](C)C(=O)Nc1cccc2c1C(=O)NC2=O. The Kier molecular flexibility index (Phi) is 3.64. The third-order valence-electron chi connectivity index (χ3n) is 3.19. The molecule has 5 heteroatoms. The molecule has 0 fully saturated rings. The normalized spacial score (nSPS) is 14.8. The van der Waals surface area contributed by atoms with E-state index in [0.29, 0.717) is 11.3 Å². The maximum atomic E-state index is 12.0. The van der Waals surface area contributed by atoms with Crippen molar-refractivity contribution in [1.29, 1.82) is 0 Å². The van der Waals surface area contributed by atoms with Crippen molar-refractivity contribution < 1.29 is 14.4 Å². The predicted octanol–water partition coefficient (Wildman–Crippen LogP) is 1.94. The van der Waals surface area contributed by atoms with Gasteiger partial charge in [-0.15, -0.1) is 0 Å². The van der Waals surface area contributed by atoms with E-state index in [0.717, 1.165) is 12.8 Å². The molecule has 1 aromatic rings. The lowest BCUT2D eigenvalue weighted by molar-refractivity contribution is -0.119. The van der Waals surface area contributed by atoms with Crippen LogP contribution < -0.4 is 10.6 Å². The van der Waals surface area contributed by atoms with Crippen molar-refractivity contribution in [2.24, 2.45) is 5.92 Å². The van der Waals surface area contributed by atoms with Gasteiger partial charge in [0.15, 0.2) is 0 Å². The molecule has 1 heterocycles. The molecule has 2 rings (SSSR count). The lowest BCUT2D eigenvalue weighted by atomic mass is 10.0. The van der Waals surface area contributed by atoms with Crippen molar-refractivity contribution in [2.45, 2.75) is 26.7 Å². The van der Waals surface area contributed by atoms with E-state index in [4.69, 9.17) is 0 Å². The largest absolute Gasteiger partial charge is 0.325 e. The van der Waals surface area contributed by atoms with Gasteiger partial charge >= 0.3 is 0 Å². The van der Waals surface area contributed by atoms with Crippen molar-refractivity contribution in [2.75, 3.05) is 5.32 Å². The Morgan fingerprint density at radius 3 is 2.74 bits per heavy atom. The van der Waals surface area contributed by atoms with E-state index in [-0.39, 0.29) is 17.4 Å². The van der Waals surface area contributed by atoms with Crippen molar-refractivity contribution in [3.8, 4) is 0 Å². The fraction of sp³-hybridized carbons (Fsp3) is 0.357. The number of fused-ring (bicyclic) bond motifs is 1. The first-order valence-electron chi connectivity index (χ1n) is 6.34. The van der Waals surface area contributed by atoms with Gasteiger partial charge in [0, 0.05) is 5.92 Å². The minimum Gasteiger partial charge on any atom is -0.325 e. The maximum absolute atomic E-state index is 12.0.